The van der Waals surface area contributed by atoms with Crippen molar-refractivity contribution in [3.63, 3.8) is 0 Å². The zero-order valence-electron chi connectivity index (χ0n) is 13.5. The van der Waals surface area contributed by atoms with Crippen molar-refractivity contribution in [3.05, 3.63) is 0 Å². The van der Waals surface area contributed by atoms with Crippen molar-refractivity contribution in [2.24, 2.45) is 5.41 Å². The lowest BCUT2D eigenvalue weighted by Gasteiger charge is -2.37. The van der Waals surface area contributed by atoms with E-state index in [9.17, 15) is 0 Å². The van der Waals surface area contributed by atoms with Crippen LogP contribution in [-0.4, -0.2) is 74.8 Å². The molecule has 0 aromatic carbocycles. The van der Waals surface area contributed by atoms with Gasteiger partial charge in [-0.3, -0.25) is 0 Å². The lowest BCUT2D eigenvalue weighted by molar-refractivity contribution is -0.0754. The van der Waals surface area contributed by atoms with Gasteiger partial charge in [0, 0.05) is 5.41 Å². The fourth-order valence-electron chi connectivity index (χ4n) is 2.26. The summed E-state index contributed by atoms with van der Waals surface area (Å²) in [6, 6.07) is 0. The lowest BCUT2D eigenvalue weighted by Crippen LogP contribution is -2.32. The van der Waals surface area contributed by atoms with Crippen molar-refractivity contribution >= 4 is 16.8 Å². The molecule has 2 fully saturated rings. The molecular formula is C13H26O8P2. The van der Waals surface area contributed by atoms with Crippen LogP contribution in [0.4, 0.5) is 0 Å². The van der Waals surface area contributed by atoms with E-state index in [1.165, 1.54) is 0 Å². The molecule has 2 saturated heterocycles. The summed E-state index contributed by atoms with van der Waals surface area (Å²) in [6.45, 7) is 6.47. The van der Waals surface area contributed by atoms with Gasteiger partial charge in [-0.05, 0) is 0 Å². The molecule has 2 rings (SSSR count). The van der Waals surface area contributed by atoms with Crippen molar-refractivity contribution in [2.75, 3.05) is 52.9 Å². The fraction of sp³-hybridized carbons (Fsp3) is 1.00. The molecule has 3 unspecified atom stereocenters. The molecule has 2 aliphatic rings. The Morgan fingerprint density at radius 3 is 2.43 bits per heavy atom. The molecule has 136 valence electrons. The van der Waals surface area contributed by atoms with E-state index < -0.39 is 23.0 Å². The molecule has 2 N–H and O–H groups in total. The molecule has 0 saturated carbocycles. The van der Waals surface area contributed by atoms with Crippen molar-refractivity contribution in [1.82, 2.24) is 0 Å². The summed E-state index contributed by atoms with van der Waals surface area (Å²) >= 11 is 0. The van der Waals surface area contributed by atoms with Gasteiger partial charge in [0.15, 0.2) is 23.0 Å². The topological polar surface area (TPSA) is 95.8 Å². The van der Waals surface area contributed by atoms with E-state index in [1.807, 2.05) is 0 Å². The first-order chi connectivity index (χ1) is 11.1. The van der Waals surface area contributed by atoms with Crippen LogP contribution in [0.25, 0.3) is 0 Å². The van der Waals surface area contributed by atoms with E-state index in [-0.39, 0.29) is 37.2 Å². The standard InChI is InChI=1S/C13H26O8P2/c1-13(2,10-16-5-3-14)12(22-18-7-8-19-22)23-20-9-11(21-23)17-6-4-15/h11-12,14-15H,3-10H2,1-2H3. The van der Waals surface area contributed by atoms with Gasteiger partial charge in [-0.2, -0.15) is 0 Å². The number of aliphatic hydroxyl groups excluding tert-OH is 2. The Labute approximate surface area is 139 Å². The van der Waals surface area contributed by atoms with Gasteiger partial charge in [-0.1, -0.05) is 13.8 Å². The molecule has 0 radical (unpaired) electrons. The molecule has 0 aromatic heterocycles. The molecule has 0 aromatic rings. The zero-order chi connectivity index (χ0) is 16.7. The first kappa shape index (κ1) is 19.9. The Kier molecular flexibility index (Phi) is 8.53. The van der Waals surface area contributed by atoms with E-state index in [0.29, 0.717) is 26.4 Å². The quantitative estimate of drug-likeness (QED) is 0.439. The van der Waals surface area contributed by atoms with Crippen molar-refractivity contribution in [2.45, 2.75) is 25.5 Å². The van der Waals surface area contributed by atoms with Crippen LogP contribution in [-0.2, 0) is 27.6 Å². The predicted octanol–water partition coefficient (Wildman–Crippen LogP) is 1.40. The molecule has 10 heteroatoms. The number of aliphatic hydroxyl groups is 2. The zero-order valence-corrected chi connectivity index (χ0v) is 15.3. The van der Waals surface area contributed by atoms with E-state index in [1.54, 1.807) is 0 Å². The maximum atomic E-state index is 8.89. The summed E-state index contributed by atoms with van der Waals surface area (Å²) in [6.07, 6.45) is -0.470. The highest BCUT2D eigenvalue weighted by molar-refractivity contribution is 7.66. The summed E-state index contributed by atoms with van der Waals surface area (Å²) < 4.78 is 34.1. The Balaban J connectivity index is 1.99. The summed E-state index contributed by atoms with van der Waals surface area (Å²) in [5.41, 5.74) is -0.303. The molecule has 23 heavy (non-hydrogen) atoms. The minimum atomic E-state index is -1.25. The van der Waals surface area contributed by atoms with Gasteiger partial charge in [-0.25, -0.2) is 0 Å². The van der Waals surface area contributed by atoms with Crippen LogP contribution in [0.3, 0.4) is 0 Å². The molecule has 0 spiro atoms. The average molecular weight is 372 g/mol. The summed E-state index contributed by atoms with van der Waals surface area (Å²) in [5.74, 6) is 0. The molecule has 3 atom stereocenters. The van der Waals surface area contributed by atoms with Gasteiger partial charge in [-0.15, -0.1) is 0 Å². The molecule has 0 bridgehead atoms. The highest BCUT2D eigenvalue weighted by atomic mass is 31.2. The minimum absolute atomic E-state index is 0.0126. The highest BCUT2D eigenvalue weighted by Crippen LogP contribution is 2.69. The number of hydrogen-bond donors (Lipinski definition) is 2. The van der Waals surface area contributed by atoms with E-state index >= 15 is 0 Å². The van der Waals surface area contributed by atoms with Crippen LogP contribution >= 0.6 is 16.8 Å². The van der Waals surface area contributed by atoms with Crippen LogP contribution in [0.15, 0.2) is 0 Å². The van der Waals surface area contributed by atoms with Crippen LogP contribution in [0, 0.1) is 5.41 Å². The summed E-state index contributed by atoms with van der Waals surface area (Å²) in [5, 5.41) is 17.6. The maximum Gasteiger partial charge on any atom is 0.187 e. The third-order valence-electron chi connectivity index (χ3n) is 3.28. The molecule has 0 amide bonds. The number of hydrogen-bond acceptors (Lipinski definition) is 8. The van der Waals surface area contributed by atoms with Gasteiger partial charge in [0.2, 0.25) is 0 Å². The van der Waals surface area contributed by atoms with Crippen molar-refractivity contribution < 1.29 is 37.8 Å². The first-order valence-electron chi connectivity index (χ1n) is 7.63. The molecule has 2 heterocycles. The Morgan fingerprint density at radius 2 is 1.78 bits per heavy atom. The Hall–Kier alpha value is 0.540. The van der Waals surface area contributed by atoms with Crippen LogP contribution < -0.4 is 0 Å². The number of rotatable bonds is 10. The second-order valence-electron chi connectivity index (χ2n) is 5.80. The summed E-state index contributed by atoms with van der Waals surface area (Å²) in [7, 11) is -2.38. The monoisotopic (exact) mass is 372 g/mol. The largest absolute Gasteiger partial charge is 0.394 e. The van der Waals surface area contributed by atoms with Crippen LogP contribution in [0.5, 0.6) is 0 Å². The van der Waals surface area contributed by atoms with Gasteiger partial charge in [0.05, 0.1) is 46.2 Å². The third-order valence-corrected chi connectivity index (χ3v) is 8.33. The third kappa shape index (κ3) is 5.79. The summed E-state index contributed by atoms with van der Waals surface area (Å²) in [4.78, 5) is 0. The van der Waals surface area contributed by atoms with E-state index in [4.69, 9.17) is 37.8 Å². The molecule has 8 nitrogen and oxygen atoms in total. The Morgan fingerprint density at radius 1 is 1.09 bits per heavy atom. The van der Waals surface area contributed by atoms with Gasteiger partial charge < -0.3 is 37.8 Å². The molecular weight excluding hydrogens is 346 g/mol. The van der Waals surface area contributed by atoms with E-state index in [0.717, 1.165) is 0 Å². The Bertz CT molecular complexity index is 340. The van der Waals surface area contributed by atoms with Gasteiger partial charge in [0.25, 0.3) is 0 Å². The second kappa shape index (κ2) is 9.88. The number of ether oxygens (including phenoxy) is 2. The molecule has 0 aliphatic carbocycles. The molecule has 2 aliphatic heterocycles. The van der Waals surface area contributed by atoms with E-state index in [2.05, 4.69) is 13.8 Å². The average Bonchev–Trinajstić information content (AvgIpc) is 3.18. The fourth-order valence-corrected chi connectivity index (χ4v) is 6.73. The van der Waals surface area contributed by atoms with Crippen molar-refractivity contribution in [1.29, 1.82) is 0 Å². The predicted molar refractivity (Wildman–Crippen MR) is 85.1 cm³/mol. The smallest absolute Gasteiger partial charge is 0.187 e. The highest BCUT2D eigenvalue weighted by Gasteiger charge is 2.50. The van der Waals surface area contributed by atoms with Crippen LogP contribution in [0.2, 0.25) is 0 Å². The lowest BCUT2D eigenvalue weighted by atomic mass is 9.98. The van der Waals surface area contributed by atoms with Crippen molar-refractivity contribution in [3.8, 4) is 0 Å². The SMILES string of the molecule is CC(C)(COCCO)C(P1OCCO1)P1OCC(OCCO)O1. The minimum Gasteiger partial charge on any atom is -0.394 e. The second-order valence-corrected chi connectivity index (χ2v) is 9.37. The van der Waals surface area contributed by atoms with Crippen LogP contribution in [0.1, 0.15) is 13.8 Å². The normalized spacial score (nSPS) is 27.7. The van der Waals surface area contributed by atoms with Gasteiger partial charge in [0.1, 0.15) is 12.0 Å². The first-order valence-corrected chi connectivity index (χ1v) is 10.1. The van der Waals surface area contributed by atoms with Gasteiger partial charge >= 0.3 is 0 Å². The maximum absolute atomic E-state index is 8.89.